The molecule has 0 aliphatic heterocycles. The fraction of sp³-hybridized carbons (Fsp3) is 0.417. The number of rotatable bonds is 4. The zero-order valence-electron chi connectivity index (χ0n) is 9.83. The van der Waals surface area contributed by atoms with Crippen LogP contribution in [0.15, 0.2) is 22.7 Å². The van der Waals surface area contributed by atoms with Gasteiger partial charge >= 0.3 is 0 Å². The van der Waals surface area contributed by atoms with Crippen LogP contribution in [-0.2, 0) is 0 Å². The summed E-state index contributed by atoms with van der Waals surface area (Å²) >= 11 is 3.20. The van der Waals surface area contributed by atoms with E-state index in [9.17, 15) is 15.0 Å². The van der Waals surface area contributed by atoms with Gasteiger partial charge in [0.15, 0.2) is 0 Å². The molecule has 0 saturated carbocycles. The van der Waals surface area contributed by atoms with Gasteiger partial charge in [0.1, 0.15) is 5.75 Å². The molecular formula is C12H16BrNO3. The molecule has 94 valence electrons. The lowest BCUT2D eigenvalue weighted by Crippen LogP contribution is -2.48. The van der Waals surface area contributed by atoms with Gasteiger partial charge in [-0.05, 0) is 31.5 Å². The molecule has 1 aromatic rings. The third kappa shape index (κ3) is 3.44. The lowest BCUT2D eigenvalue weighted by molar-refractivity contribution is 0.0844. The van der Waals surface area contributed by atoms with Gasteiger partial charge in [-0.3, -0.25) is 4.79 Å². The topological polar surface area (TPSA) is 69.6 Å². The van der Waals surface area contributed by atoms with Crippen LogP contribution in [0, 0.1) is 0 Å². The molecule has 0 aromatic heterocycles. The summed E-state index contributed by atoms with van der Waals surface area (Å²) in [6.07, 6.45) is 0.604. The number of amides is 1. The van der Waals surface area contributed by atoms with Gasteiger partial charge in [-0.25, -0.2) is 0 Å². The van der Waals surface area contributed by atoms with Crippen LogP contribution >= 0.6 is 15.9 Å². The predicted octanol–water partition coefficient (Wildman–Crippen LogP) is 2.05. The maximum Gasteiger partial charge on any atom is 0.255 e. The van der Waals surface area contributed by atoms with Crippen LogP contribution in [0.4, 0.5) is 0 Å². The summed E-state index contributed by atoms with van der Waals surface area (Å²) in [4.78, 5) is 11.9. The van der Waals surface area contributed by atoms with Crippen molar-refractivity contribution in [1.29, 1.82) is 0 Å². The Morgan fingerprint density at radius 1 is 1.53 bits per heavy atom. The zero-order chi connectivity index (χ0) is 13.1. The SMILES string of the molecule is CCC(C)(CO)NC(=O)c1ccc(Br)cc1O. The second-order valence-electron chi connectivity index (χ2n) is 4.19. The summed E-state index contributed by atoms with van der Waals surface area (Å²) in [5.41, 5.74) is -0.474. The third-order valence-electron chi connectivity index (χ3n) is 2.75. The van der Waals surface area contributed by atoms with Gasteiger partial charge in [-0.1, -0.05) is 22.9 Å². The minimum Gasteiger partial charge on any atom is -0.507 e. The highest BCUT2D eigenvalue weighted by Crippen LogP contribution is 2.23. The first-order chi connectivity index (χ1) is 7.91. The number of carbonyl (C=O) groups excluding carboxylic acids is 1. The van der Waals surface area contributed by atoms with E-state index in [4.69, 9.17) is 0 Å². The number of carbonyl (C=O) groups is 1. The van der Waals surface area contributed by atoms with Gasteiger partial charge in [0.25, 0.3) is 5.91 Å². The normalized spacial score (nSPS) is 14.1. The number of hydrogen-bond donors (Lipinski definition) is 3. The number of aromatic hydroxyl groups is 1. The Kier molecular flexibility index (Phi) is 4.54. The second kappa shape index (κ2) is 5.51. The summed E-state index contributed by atoms with van der Waals surface area (Å²) in [7, 11) is 0. The van der Waals surface area contributed by atoms with Crippen LogP contribution in [-0.4, -0.2) is 28.3 Å². The summed E-state index contributed by atoms with van der Waals surface area (Å²) in [6, 6.07) is 4.66. The van der Waals surface area contributed by atoms with Crippen molar-refractivity contribution >= 4 is 21.8 Å². The first-order valence-corrected chi connectivity index (χ1v) is 6.13. The molecule has 1 amide bonds. The molecule has 1 rings (SSSR count). The fourth-order valence-corrected chi connectivity index (χ4v) is 1.63. The molecule has 0 bridgehead atoms. The van der Waals surface area contributed by atoms with Crippen LogP contribution in [0.1, 0.15) is 30.6 Å². The lowest BCUT2D eigenvalue weighted by atomic mass is 9.99. The van der Waals surface area contributed by atoms with Gasteiger partial charge < -0.3 is 15.5 Å². The molecule has 5 heteroatoms. The first kappa shape index (κ1) is 14.0. The van der Waals surface area contributed by atoms with Crippen molar-refractivity contribution in [1.82, 2.24) is 5.32 Å². The first-order valence-electron chi connectivity index (χ1n) is 5.34. The Morgan fingerprint density at radius 2 is 2.18 bits per heavy atom. The standard InChI is InChI=1S/C12H16BrNO3/c1-3-12(2,7-15)14-11(17)9-5-4-8(13)6-10(9)16/h4-6,15-16H,3,7H2,1-2H3,(H,14,17). The van der Waals surface area contributed by atoms with Crippen LogP contribution in [0.25, 0.3) is 0 Å². The second-order valence-corrected chi connectivity index (χ2v) is 5.10. The van der Waals surface area contributed by atoms with Crippen molar-refractivity contribution < 1.29 is 15.0 Å². The van der Waals surface area contributed by atoms with E-state index in [0.29, 0.717) is 10.9 Å². The highest BCUT2D eigenvalue weighted by molar-refractivity contribution is 9.10. The summed E-state index contributed by atoms with van der Waals surface area (Å²) in [5.74, 6) is -0.485. The van der Waals surface area contributed by atoms with Crippen molar-refractivity contribution in [2.24, 2.45) is 0 Å². The van der Waals surface area contributed by atoms with Crippen LogP contribution < -0.4 is 5.32 Å². The zero-order valence-corrected chi connectivity index (χ0v) is 11.4. The molecule has 0 spiro atoms. The molecule has 1 unspecified atom stereocenters. The van der Waals surface area contributed by atoms with Crippen molar-refractivity contribution in [2.45, 2.75) is 25.8 Å². The van der Waals surface area contributed by atoms with Crippen LogP contribution in [0.3, 0.4) is 0 Å². The molecule has 1 aromatic carbocycles. The van der Waals surface area contributed by atoms with E-state index in [0.717, 1.165) is 0 Å². The molecule has 4 nitrogen and oxygen atoms in total. The number of phenols is 1. The monoisotopic (exact) mass is 301 g/mol. The number of aliphatic hydroxyl groups excluding tert-OH is 1. The van der Waals surface area contributed by atoms with Gasteiger partial charge in [-0.15, -0.1) is 0 Å². The highest BCUT2D eigenvalue weighted by Gasteiger charge is 2.24. The van der Waals surface area contributed by atoms with E-state index in [1.54, 1.807) is 13.0 Å². The Bertz CT molecular complexity index is 416. The van der Waals surface area contributed by atoms with E-state index >= 15 is 0 Å². The third-order valence-corrected chi connectivity index (χ3v) is 3.24. The summed E-state index contributed by atoms with van der Waals surface area (Å²) < 4.78 is 0.701. The van der Waals surface area contributed by atoms with E-state index in [1.807, 2.05) is 6.92 Å². The van der Waals surface area contributed by atoms with Gasteiger partial charge in [0.2, 0.25) is 0 Å². The van der Waals surface area contributed by atoms with Crippen molar-refractivity contribution in [3.05, 3.63) is 28.2 Å². The maximum absolute atomic E-state index is 11.9. The van der Waals surface area contributed by atoms with Gasteiger partial charge in [0.05, 0.1) is 17.7 Å². The quantitative estimate of drug-likeness (QED) is 0.797. The lowest BCUT2D eigenvalue weighted by Gasteiger charge is -2.27. The summed E-state index contributed by atoms with van der Waals surface area (Å²) in [6.45, 7) is 3.48. The number of hydrogen-bond acceptors (Lipinski definition) is 3. The molecule has 0 aliphatic carbocycles. The average molecular weight is 302 g/mol. The molecule has 3 N–H and O–H groups in total. The Labute approximate surface area is 109 Å². The molecule has 0 saturated heterocycles. The van der Waals surface area contributed by atoms with E-state index in [1.165, 1.54) is 12.1 Å². The largest absolute Gasteiger partial charge is 0.507 e. The number of benzene rings is 1. The number of aliphatic hydroxyl groups is 1. The molecule has 0 fully saturated rings. The molecule has 0 radical (unpaired) electrons. The van der Waals surface area contributed by atoms with E-state index in [-0.39, 0.29) is 17.9 Å². The molecule has 17 heavy (non-hydrogen) atoms. The van der Waals surface area contributed by atoms with E-state index < -0.39 is 11.4 Å². The Hall–Kier alpha value is -1.07. The van der Waals surface area contributed by atoms with E-state index in [2.05, 4.69) is 21.2 Å². The number of nitrogens with one attached hydrogen (secondary N) is 1. The fourth-order valence-electron chi connectivity index (χ4n) is 1.28. The van der Waals surface area contributed by atoms with Gasteiger partial charge in [0, 0.05) is 4.47 Å². The minimum absolute atomic E-state index is 0.0896. The average Bonchev–Trinajstić information content (AvgIpc) is 2.28. The Morgan fingerprint density at radius 3 is 2.65 bits per heavy atom. The van der Waals surface area contributed by atoms with Crippen molar-refractivity contribution in [2.75, 3.05) is 6.61 Å². The predicted molar refractivity (Wildman–Crippen MR) is 69.1 cm³/mol. The summed E-state index contributed by atoms with van der Waals surface area (Å²) in [5, 5.41) is 21.6. The molecule has 0 aliphatic rings. The molecule has 0 heterocycles. The molecular weight excluding hydrogens is 286 g/mol. The molecule has 1 atom stereocenters. The van der Waals surface area contributed by atoms with Crippen LogP contribution in [0.5, 0.6) is 5.75 Å². The Balaban J connectivity index is 2.90. The minimum atomic E-state index is -0.670. The highest BCUT2D eigenvalue weighted by atomic mass is 79.9. The number of halogens is 1. The van der Waals surface area contributed by atoms with Gasteiger partial charge in [-0.2, -0.15) is 0 Å². The number of phenolic OH excluding ortho intramolecular Hbond substituents is 1. The van der Waals surface area contributed by atoms with Crippen LogP contribution in [0.2, 0.25) is 0 Å². The van der Waals surface area contributed by atoms with Crippen molar-refractivity contribution in [3.8, 4) is 5.75 Å². The van der Waals surface area contributed by atoms with Crippen molar-refractivity contribution in [3.63, 3.8) is 0 Å². The smallest absolute Gasteiger partial charge is 0.255 e. The maximum atomic E-state index is 11.9.